The highest BCUT2D eigenvalue weighted by Gasteiger charge is 2.08. The first-order valence-electron chi connectivity index (χ1n) is 5.98. The van der Waals surface area contributed by atoms with Gasteiger partial charge >= 0.3 is 0 Å². The molecule has 1 heterocycles. The van der Waals surface area contributed by atoms with Gasteiger partial charge in [-0.1, -0.05) is 13.8 Å². The van der Waals surface area contributed by atoms with Crippen LogP contribution in [0.5, 0.6) is 0 Å². The molecule has 0 unspecified atom stereocenters. The fourth-order valence-electron chi connectivity index (χ4n) is 1.37. The van der Waals surface area contributed by atoms with Gasteiger partial charge < -0.3 is 14.6 Å². The first kappa shape index (κ1) is 14.4. The van der Waals surface area contributed by atoms with Gasteiger partial charge in [0.25, 0.3) is 6.01 Å². The number of anilines is 1. The third-order valence-electron chi connectivity index (χ3n) is 2.36. The number of rotatable bonds is 8. The largest absolute Gasteiger partial charge is 0.432 e. The topological polar surface area (TPSA) is 41.3 Å². The van der Waals surface area contributed by atoms with Crippen molar-refractivity contribution in [3.8, 4) is 0 Å². The number of thioether (sulfide) groups is 1. The number of nitrogens with one attached hydrogen (secondary N) is 1. The molecule has 0 saturated heterocycles. The zero-order valence-electron chi connectivity index (χ0n) is 11.2. The van der Waals surface area contributed by atoms with Gasteiger partial charge in [-0.3, -0.25) is 0 Å². The van der Waals surface area contributed by atoms with Crippen molar-refractivity contribution in [1.29, 1.82) is 0 Å². The number of hydrogen-bond donors (Lipinski definition) is 1. The van der Waals surface area contributed by atoms with Crippen molar-refractivity contribution < 1.29 is 4.42 Å². The highest BCUT2D eigenvalue weighted by Crippen LogP contribution is 2.12. The lowest BCUT2D eigenvalue weighted by molar-refractivity contribution is 0.537. The summed E-state index contributed by atoms with van der Waals surface area (Å²) in [6.45, 7) is 7.12. The highest BCUT2D eigenvalue weighted by molar-refractivity contribution is 7.98. The second-order valence-electron chi connectivity index (χ2n) is 4.56. The molecule has 0 aliphatic heterocycles. The molecule has 1 rings (SSSR count). The van der Waals surface area contributed by atoms with E-state index in [-0.39, 0.29) is 0 Å². The lowest BCUT2D eigenvalue weighted by Crippen LogP contribution is -2.21. The van der Waals surface area contributed by atoms with Crippen LogP contribution in [0.2, 0.25) is 0 Å². The standard InChI is InChI=1S/C12H23N3OS/c1-10(2)7-13-8-11-9-16-12(14-11)15(3)5-6-17-4/h9-10,13H,5-8H2,1-4H3. The Bertz CT molecular complexity index is 314. The summed E-state index contributed by atoms with van der Waals surface area (Å²) in [5, 5.41) is 3.35. The number of hydrogen-bond acceptors (Lipinski definition) is 5. The van der Waals surface area contributed by atoms with Crippen LogP contribution in [-0.4, -0.2) is 37.1 Å². The third kappa shape index (κ3) is 5.46. The molecule has 4 nitrogen and oxygen atoms in total. The van der Waals surface area contributed by atoms with Gasteiger partial charge in [-0.05, 0) is 18.7 Å². The summed E-state index contributed by atoms with van der Waals surface area (Å²) in [6, 6.07) is 0.709. The van der Waals surface area contributed by atoms with E-state index in [9.17, 15) is 0 Å². The van der Waals surface area contributed by atoms with E-state index >= 15 is 0 Å². The molecule has 0 aliphatic rings. The molecule has 0 aliphatic carbocycles. The second-order valence-corrected chi connectivity index (χ2v) is 5.55. The minimum Gasteiger partial charge on any atom is -0.432 e. The van der Waals surface area contributed by atoms with Crippen LogP contribution >= 0.6 is 11.8 Å². The quantitative estimate of drug-likeness (QED) is 0.773. The Balaban J connectivity index is 2.36. The molecule has 0 fully saturated rings. The van der Waals surface area contributed by atoms with Crippen LogP contribution in [0, 0.1) is 5.92 Å². The van der Waals surface area contributed by atoms with E-state index in [1.54, 1.807) is 6.26 Å². The number of aromatic nitrogens is 1. The summed E-state index contributed by atoms with van der Waals surface area (Å²) in [4.78, 5) is 6.49. The third-order valence-corrected chi connectivity index (χ3v) is 2.95. The Morgan fingerprint density at radius 1 is 1.53 bits per heavy atom. The zero-order valence-corrected chi connectivity index (χ0v) is 12.0. The molecule has 0 radical (unpaired) electrons. The molecule has 0 saturated carbocycles. The maximum absolute atomic E-state index is 5.45. The average molecular weight is 257 g/mol. The maximum atomic E-state index is 5.45. The van der Waals surface area contributed by atoms with Gasteiger partial charge in [-0.25, -0.2) is 0 Å². The van der Waals surface area contributed by atoms with Crippen molar-refractivity contribution in [3.63, 3.8) is 0 Å². The number of nitrogens with zero attached hydrogens (tertiary/aromatic N) is 2. The second kappa shape index (κ2) is 7.61. The van der Waals surface area contributed by atoms with E-state index in [1.807, 2.05) is 23.7 Å². The van der Waals surface area contributed by atoms with Gasteiger partial charge in [0, 0.05) is 25.9 Å². The van der Waals surface area contributed by atoms with Gasteiger partial charge in [0.15, 0.2) is 0 Å². The molecule has 0 bridgehead atoms. The predicted octanol–water partition coefficient (Wildman–Crippen LogP) is 2.22. The van der Waals surface area contributed by atoms with Crippen molar-refractivity contribution in [2.75, 3.05) is 37.0 Å². The van der Waals surface area contributed by atoms with E-state index < -0.39 is 0 Å². The maximum Gasteiger partial charge on any atom is 0.297 e. The minimum atomic E-state index is 0.658. The molecular weight excluding hydrogens is 234 g/mol. The molecule has 0 amide bonds. The van der Waals surface area contributed by atoms with Crippen LogP contribution in [0.1, 0.15) is 19.5 Å². The van der Waals surface area contributed by atoms with E-state index in [4.69, 9.17) is 4.42 Å². The summed E-state index contributed by atoms with van der Waals surface area (Å²) < 4.78 is 5.45. The predicted molar refractivity (Wildman–Crippen MR) is 74.7 cm³/mol. The van der Waals surface area contributed by atoms with E-state index in [0.29, 0.717) is 11.9 Å². The lowest BCUT2D eigenvalue weighted by atomic mass is 10.2. The van der Waals surface area contributed by atoms with Gasteiger partial charge in [-0.15, -0.1) is 0 Å². The van der Waals surface area contributed by atoms with Crippen LogP contribution in [0.25, 0.3) is 0 Å². The van der Waals surface area contributed by atoms with E-state index in [2.05, 4.69) is 30.4 Å². The van der Waals surface area contributed by atoms with E-state index in [0.717, 1.165) is 31.1 Å². The van der Waals surface area contributed by atoms with Crippen molar-refractivity contribution >= 4 is 17.8 Å². The normalized spacial score (nSPS) is 11.1. The Morgan fingerprint density at radius 3 is 2.94 bits per heavy atom. The van der Waals surface area contributed by atoms with Gasteiger partial charge in [-0.2, -0.15) is 16.7 Å². The Kier molecular flexibility index (Phi) is 6.44. The summed E-state index contributed by atoms with van der Waals surface area (Å²) >= 11 is 1.83. The van der Waals surface area contributed by atoms with Gasteiger partial charge in [0.2, 0.25) is 0 Å². The Labute approximate surface area is 108 Å². The fraction of sp³-hybridized carbons (Fsp3) is 0.750. The Hall–Kier alpha value is -0.680. The minimum absolute atomic E-state index is 0.658. The van der Waals surface area contributed by atoms with Gasteiger partial charge in [0.1, 0.15) is 6.26 Å². The van der Waals surface area contributed by atoms with Crippen LogP contribution in [0.15, 0.2) is 10.7 Å². The summed E-state index contributed by atoms with van der Waals surface area (Å²) in [5.41, 5.74) is 0.969. The Morgan fingerprint density at radius 2 is 2.29 bits per heavy atom. The lowest BCUT2D eigenvalue weighted by Gasteiger charge is -2.12. The zero-order chi connectivity index (χ0) is 12.7. The van der Waals surface area contributed by atoms with Gasteiger partial charge in [0.05, 0.1) is 5.69 Å². The van der Waals surface area contributed by atoms with Crippen LogP contribution in [-0.2, 0) is 6.54 Å². The van der Waals surface area contributed by atoms with Crippen molar-refractivity contribution in [1.82, 2.24) is 10.3 Å². The first-order valence-corrected chi connectivity index (χ1v) is 7.38. The monoisotopic (exact) mass is 257 g/mol. The molecule has 1 N–H and O–H groups in total. The van der Waals surface area contributed by atoms with Crippen LogP contribution in [0.3, 0.4) is 0 Å². The molecule has 1 aromatic heterocycles. The van der Waals surface area contributed by atoms with E-state index in [1.165, 1.54) is 0 Å². The molecule has 0 atom stereocenters. The van der Waals surface area contributed by atoms with Crippen molar-refractivity contribution in [3.05, 3.63) is 12.0 Å². The molecule has 17 heavy (non-hydrogen) atoms. The highest BCUT2D eigenvalue weighted by atomic mass is 32.2. The first-order chi connectivity index (χ1) is 8.13. The molecule has 0 spiro atoms. The molecule has 1 aromatic rings. The smallest absolute Gasteiger partial charge is 0.297 e. The summed E-state index contributed by atoms with van der Waals surface area (Å²) in [7, 11) is 2.01. The number of oxazole rings is 1. The van der Waals surface area contributed by atoms with Crippen molar-refractivity contribution in [2.45, 2.75) is 20.4 Å². The summed E-state index contributed by atoms with van der Waals surface area (Å²) in [6.07, 6.45) is 3.84. The summed E-state index contributed by atoms with van der Waals surface area (Å²) in [5.74, 6) is 1.74. The average Bonchev–Trinajstić information content (AvgIpc) is 2.74. The molecule has 98 valence electrons. The van der Waals surface area contributed by atoms with Crippen LogP contribution in [0.4, 0.5) is 6.01 Å². The van der Waals surface area contributed by atoms with Crippen molar-refractivity contribution in [2.24, 2.45) is 5.92 Å². The molecular formula is C12H23N3OS. The molecule has 0 aromatic carbocycles. The SMILES string of the molecule is CSCCN(C)c1nc(CNCC(C)C)co1. The van der Waals surface area contributed by atoms with Crippen LogP contribution < -0.4 is 10.2 Å². The molecule has 5 heteroatoms. The fourth-order valence-corrected chi connectivity index (χ4v) is 1.82.